The van der Waals surface area contributed by atoms with Gasteiger partial charge in [0.1, 0.15) is 4.88 Å². The predicted octanol–water partition coefficient (Wildman–Crippen LogP) is 2.70. The second kappa shape index (κ2) is 6.69. The quantitative estimate of drug-likeness (QED) is 0.845. The molecule has 0 radical (unpaired) electrons. The molecule has 1 aromatic heterocycles. The van der Waals surface area contributed by atoms with Crippen molar-refractivity contribution in [1.82, 2.24) is 4.72 Å². The van der Waals surface area contributed by atoms with Crippen LogP contribution in [0, 0.1) is 5.92 Å². The molecule has 0 saturated heterocycles. The van der Waals surface area contributed by atoms with Crippen molar-refractivity contribution in [3.8, 4) is 0 Å². The molecule has 112 valence electrons. The number of hydrogen-bond donors (Lipinski definition) is 2. The number of carboxylic acids is 1. The van der Waals surface area contributed by atoms with E-state index < -0.39 is 16.0 Å². The lowest BCUT2D eigenvalue weighted by molar-refractivity contribution is 0.0702. The minimum absolute atomic E-state index is 0.0395. The fourth-order valence-electron chi connectivity index (χ4n) is 2.53. The maximum Gasteiger partial charge on any atom is 0.345 e. The molecule has 0 spiro atoms. The summed E-state index contributed by atoms with van der Waals surface area (Å²) in [5, 5.41) is 10.2. The zero-order valence-electron chi connectivity index (χ0n) is 11.2. The van der Waals surface area contributed by atoms with Crippen LogP contribution in [0.25, 0.3) is 0 Å². The maximum absolute atomic E-state index is 12.0. The molecule has 5 nitrogen and oxygen atoms in total. The number of carbonyl (C=O) groups is 1. The molecular weight excluding hydrogens is 298 g/mol. The molecule has 0 aromatic carbocycles. The lowest BCUT2D eigenvalue weighted by Crippen LogP contribution is -2.26. The van der Waals surface area contributed by atoms with Crippen molar-refractivity contribution in [2.45, 2.75) is 43.4 Å². The van der Waals surface area contributed by atoms with Crippen molar-refractivity contribution in [3.63, 3.8) is 0 Å². The zero-order valence-corrected chi connectivity index (χ0v) is 12.8. The first-order valence-electron chi connectivity index (χ1n) is 6.80. The molecule has 1 heterocycles. The summed E-state index contributed by atoms with van der Waals surface area (Å²) in [5.41, 5.74) is 0. The number of rotatable bonds is 6. The number of sulfonamides is 1. The summed E-state index contributed by atoms with van der Waals surface area (Å²) in [5.74, 6) is -0.484. The second-order valence-electron chi connectivity index (χ2n) is 5.14. The van der Waals surface area contributed by atoms with Crippen LogP contribution in [0.3, 0.4) is 0 Å². The molecule has 20 heavy (non-hydrogen) atoms. The molecule has 2 rings (SSSR count). The van der Waals surface area contributed by atoms with E-state index in [1.165, 1.54) is 43.6 Å². The smallest absolute Gasteiger partial charge is 0.345 e. The van der Waals surface area contributed by atoms with Crippen LogP contribution in [0.1, 0.15) is 48.2 Å². The maximum atomic E-state index is 12.0. The van der Waals surface area contributed by atoms with E-state index in [-0.39, 0.29) is 9.77 Å². The summed E-state index contributed by atoms with van der Waals surface area (Å²) in [4.78, 5) is 10.8. The molecule has 0 bridgehead atoms. The van der Waals surface area contributed by atoms with Crippen molar-refractivity contribution in [2.75, 3.05) is 6.54 Å². The Hall–Kier alpha value is -0.920. The van der Waals surface area contributed by atoms with Gasteiger partial charge >= 0.3 is 5.97 Å². The third-order valence-electron chi connectivity index (χ3n) is 3.67. The molecule has 1 saturated carbocycles. The van der Waals surface area contributed by atoms with E-state index in [9.17, 15) is 13.2 Å². The van der Waals surface area contributed by atoms with Gasteiger partial charge < -0.3 is 5.11 Å². The van der Waals surface area contributed by atoms with Crippen molar-refractivity contribution in [3.05, 3.63) is 16.3 Å². The Labute approximate surface area is 123 Å². The fourth-order valence-corrected chi connectivity index (χ4v) is 4.69. The molecule has 1 aromatic rings. The highest BCUT2D eigenvalue weighted by Gasteiger charge is 2.19. The Bertz CT molecular complexity index is 559. The Morgan fingerprint density at radius 1 is 1.35 bits per heavy atom. The van der Waals surface area contributed by atoms with E-state index in [0.717, 1.165) is 17.8 Å². The summed E-state index contributed by atoms with van der Waals surface area (Å²) >= 11 is 0.927. The van der Waals surface area contributed by atoms with E-state index in [1.54, 1.807) is 0 Å². The van der Waals surface area contributed by atoms with Gasteiger partial charge in [-0.3, -0.25) is 0 Å². The average molecular weight is 317 g/mol. The van der Waals surface area contributed by atoms with Crippen molar-refractivity contribution in [1.29, 1.82) is 0 Å². The molecular formula is C13H19NO4S2. The minimum atomic E-state index is -3.58. The van der Waals surface area contributed by atoms with Crippen molar-refractivity contribution in [2.24, 2.45) is 5.92 Å². The molecule has 1 aliphatic carbocycles. The first-order chi connectivity index (χ1) is 9.49. The van der Waals surface area contributed by atoms with Gasteiger partial charge in [-0.25, -0.2) is 17.9 Å². The molecule has 2 N–H and O–H groups in total. The lowest BCUT2D eigenvalue weighted by Gasteiger charge is -2.21. The molecule has 0 amide bonds. The first kappa shape index (κ1) is 15.5. The molecule has 1 fully saturated rings. The summed E-state index contributed by atoms with van der Waals surface area (Å²) < 4.78 is 26.6. The van der Waals surface area contributed by atoms with E-state index in [0.29, 0.717) is 12.5 Å². The monoisotopic (exact) mass is 317 g/mol. The van der Waals surface area contributed by atoms with E-state index in [4.69, 9.17) is 5.11 Å². The Morgan fingerprint density at radius 3 is 2.65 bits per heavy atom. The van der Waals surface area contributed by atoms with Crippen LogP contribution in [0.2, 0.25) is 0 Å². The van der Waals surface area contributed by atoms with Gasteiger partial charge in [-0.1, -0.05) is 32.1 Å². The topological polar surface area (TPSA) is 83.5 Å². The van der Waals surface area contributed by atoms with E-state index in [2.05, 4.69) is 4.72 Å². The molecule has 7 heteroatoms. The summed E-state index contributed by atoms with van der Waals surface area (Å²) in [6.45, 7) is 0.422. The van der Waals surface area contributed by atoms with Gasteiger partial charge in [-0.2, -0.15) is 0 Å². The van der Waals surface area contributed by atoms with E-state index >= 15 is 0 Å². The summed E-state index contributed by atoms with van der Waals surface area (Å²) in [7, 11) is -3.58. The molecule has 0 atom stereocenters. The van der Waals surface area contributed by atoms with Crippen LogP contribution in [0.5, 0.6) is 0 Å². The Kier molecular flexibility index (Phi) is 5.17. The Morgan fingerprint density at radius 2 is 2.05 bits per heavy atom. The average Bonchev–Trinajstić information content (AvgIpc) is 2.90. The summed E-state index contributed by atoms with van der Waals surface area (Å²) in [6, 6.07) is 1.20. The van der Waals surface area contributed by atoms with Gasteiger partial charge in [-0.05, 0) is 18.4 Å². The molecule has 0 aliphatic heterocycles. The number of nitrogens with one attached hydrogen (secondary N) is 1. The SMILES string of the molecule is O=C(O)c1cc(S(=O)(=O)NCCC2CCCCC2)cs1. The highest BCUT2D eigenvalue weighted by molar-refractivity contribution is 7.89. The van der Waals surface area contributed by atoms with Gasteiger partial charge in [0.05, 0.1) is 4.90 Å². The van der Waals surface area contributed by atoms with Crippen molar-refractivity contribution >= 4 is 27.3 Å². The highest BCUT2D eigenvalue weighted by atomic mass is 32.2. The number of aromatic carboxylic acids is 1. The number of carboxylic acid groups (broad SMARTS) is 1. The predicted molar refractivity (Wildman–Crippen MR) is 77.7 cm³/mol. The number of hydrogen-bond acceptors (Lipinski definition) is 4. The van der Waals surface area contributed by atoms with Gasteiger partial charge in [-0.15, -0.1) is 11.3 Å². The zero-order chi connectivity index (χ0) is 14.6. The Balaban J connectivity index is 1.88. The minimum Gasteiger partial charge on any atom is -0.477 e. The second-order valence-corrected chi connectivity index (χ2v) is 7.82. The third kappa shape index (κ3) is 4.04. The van der Waals surface area contributed by atoms with Crippen LogP contribution in [-0.2, 0) is 10.0 Å². The third-order valence-corrected chi connectivity index (χ3v) is 6.17. The van der Waals surface area contributed by atoms with Crippen LogP contribution in [-0.4, -0.2) is 26.0 Å². The van der Waals surface area contributed by atoms with Gasteiger partial charge in [0, 0.05) is 11.9 Å². The number of thiophene rings is 1. The summed E-state index contributed by atoms with van der Waals surface area (Å²) in [6.07, 6.45) is 6.99. The van der Waals surface area contributed by atoms with Crippen LogP contribution >= 0.6 is 11.3 Å². The molecule has 1 aliphatic rings. The lowest BCUT2D eigenvalue weighted by atomic mass is 9.87. The van der Waals surface area contributed by atoms with Crippen LogP contribution < -0.4 is 4.72 Å². The first-order valence-corrected chi connectivity index (χ1v) is 9.17. The van der Waals surface area contributed by atoms with Gasteiger partial charge in [0.2, 0.25) is 10.0 Å². The molecule has 0 unspecified atom stereocenters. The van der Waals surface area contributed by atoms with Crippen LogP contribution in [0.15, 0.2) is 16.3 Å². The van der Waals surface area contributed by atoms with Crippen LogP contribution in [0.4, 0.5) is 0 Å². The van der Waals surface area contributed by atoms with Gasteiger partial charge in [0.15, 0.2) is 0 Å². The van der Waals surface area contributed by atoms with E-state index in [1.807, 2.05) is 0 Å². The van der Waals surface area contributed by atoms with Gasteiger partial charge in [0.25, 0.3) is 0 Å². The fraction of sp³-hybridized carbons (Fsp3) is 0.615. The largest absolute Gasteiger partial charge is 0.477 e. The normalized spacial score (nSPS) is 17.2. The highest BCUT2D eigenvalue weighted by Crippen LogP contribution is 2.26. The standard InChI is InChI=1S/C13H19NO4S2/c15-13(16)12-8-11(9-19-12)20(17,18)14-7-6-10-4-2-1-3-5-10/h8-10,14H,1-7H2,(H,15,16). The van der Waals surface area contributed by atoms with Crippen molar-refractivity contribution < 1.29 is 18.3 Å².